The fraction of sp³-hybridized carbons (Fsp3) is 0.444. The van der Waals surface area contributed by atoms with Crippen molar-refractivity contribution in [3.8, 4) is 0 Å². The first-order valence-corrected chi connectivity index (χ1v) is 5.65. The highest BCUT2D eigenvalue weighted by Crippen LogP contribution is 1.99. The Bertz CT molecular complexity index is 353. The molecular weight excluding hydrogens is 230 g/mol. The van der Waals surface area contributed by atoms with Crippen LogP contribution in [0.1, 0.15) is 12.6 Å². The molecule has 1 aromatic rings. The van der Waals surface area contributed by atoms with E-state index in [0.717, 1.165) is 5.69 Å². The standard InChI is InChI=1S/C9H13N3O3S/c1-6(8(13)14)2-10-9(15)11-3-7-4-16-5-12-7/h4-6H,2-3H2,1H3,(H,13,14)(H2,10,11,15). The Morgan fingerprint density at radius 2 is 2.31 bits per heavy atom. The molecule has 0 spiro atoms. The van der Waals surface area contributed by atoms with E-state index in [1.54, 1.807) is 5.51 Å². The van der Waals surface area contributed by atoms with E-state index in [1.807, 2.05) is 5.38 Å². The topological polar surface area (TPSA) is 91.3 Å². The number of carboxylic acid groups (broad SMARTS) is 1. The minimum absolute atomic E-state index is 0.109. The molecule has 1 heterocycles. The molecule has 0 aromatic carbocycles. The average molecular weight is 243 g/mol. The zero-order valence-electron chi connectivity index (χ0n) is 8.77. The van der Waals surface area contributed by atoms with E-state index in [1.165, 1.54) is 18.3 Å². The van der Waals surface area contributed by atoms with Crippen molar-refractivity contribution in [3.63, 3.8) is 0 Å². The fourth-order valence-electron chi connectivity index (χ4n) is 0.891. The second-order valence-corrected chi connectivity index (χ2v) is 4.00. The number of thiazole rings is 1. The predicted molar refractivity (Wildman–Crippen MR) is 59.2 cm³/mol. The number of nitrogens with one attached hydrogen (secondary N) is 2. The lowest BCUT2D eigenvalue weighted by molar-refractivity contribution is -0.140. The maximum absolute atomic E-state index is 11.2. The van der Waals surface area contributed by atoms with Crippen molar-refractivity contribution in [2.45, 2.75) is 13.5 Å². The number of hydrogen-bond donors (Lipinski definition) is 3. The van der Waals surface area contributed by atoms with Crippen LogP contribution in [0.2, 0.25) is 0 Å². The molecule has 0 aliphatic heterocycles. The van der Waals surface area contributed by atoms with Gasteiger partial charge in [0.2, 0.25) is 0 Å². The van der Waals surface area contributed by atoms with Gasteiger partial charge in [-0.3, -0.25) is 4.79 Å². The molecule has 0 aliphatic carbocycles. The maximum atomic E-state index is 11.2. The number of nitrogens with zero attached hydrogens (tertiary/aromatic N) is 1. The Morgan fingerprint density at radius 3 is 2.88 bits per heavy atom. The van der Waals surface area contributed by atoms with E-state index in [2.05, 4.69) is 15.6 Å². The van der Waals surface area contributed by atoms with Crippen molar-refractivity contribution in [1.29, 1.82) is 0 Å². The summed E-state index contributed by atoms with van der Waals surface area (Å²) in [6, 6.07) is -0.388. The smallest absolute Gasteiger partial charge is 0.315 e. The Labute approximate surface area is 96.7 Å². The third-order valence-electron chi connectivity index (χ3n) is 1.90. The Morgan fingerprint density at radius 1 is 1.56 bits per heavy atom. The van der Waals surface area contributed by atoms with E-state index in [-0.39, 0.29) is 12.6 Å². The minimum Gasteiger partial charge on any atom is -0.481 e. The normalized spacial score (nSPS) is 11.8. The highest BCUT2D eigenvalue weighted by atomic mass is 32.1. The summed E-state index contributed by atoms with van der Waals surface area (Å²) in [6.07, 6.45) is 0. The highest BCUT2D eigenvalue weighted by Gasteiger charge is 2.11. The molecule has 6 nitrogen and oxygen atoms in total. The molecule has 0 bridgehead atoms. The molecule has 0 radical (unpaired) electrons. The molecule has 0 saturated carbocycles. The largest absolute Gasteiger partial charge is 0.481 e. The van der Waals surface area contributed by atoms with Crippen LogP contribution in [0.25, 0.3) is 0 Å². The van der Waals surface area contributed by atoms with Gasteiger partial charge in [-0.25, -0.2) is 9.78 Å². The molecule has 1 aromatic heterocycles. The summed E-state index contributed by atoms with van der Waals surface area (Å²) in [7, 11) is 0. The van der Waals surface area contributed by atoms with Crippen molar-refractivity contribution in [1.82, 2.24) is 15.6 Å². The van der Waals surface area contributed by atoms with Gasteiger partial charge in [-0.15, -0.1) is 11.3 Å². The molecule has 0 aliphatic rings. The quantitative estimate of drug-likeness (QED) is 0.708. The van der Waals surface area contributed by atoms with Crippen LogP contribution < -0.4 is 10.6 Å². The zero-order chi connectivity index (χ0) is 12.0. The van der Waals surface area contributed by atoms with Crippen molar-refractivity contribution in [2.24, 2.45) is 5.92 Å². The number of amides is 2. The number of aromatic nitrogens is 1. The van der Waals surface area contributed by atoms with Crippen LogP contribution >= 0.6 is 11.3 Å². The highest BCUT2D eigenvalue weighted by molar-refractivity contribution is 7.07. The molecule has 1 unspecified atom stereocenters. The Kier molecular flexibility index (Phi) is 4.71. The second kappa shape index (κ2) is 6.06. The molecule has 7 heteroatoms. The van der Waals surface area contributed by atoms with Crippen molar-refractivity contribution >= 4 is 23.3 Å². The van der Waals surface area contributed by atoms with E-state index in [4.69, 9.17) is 5.11 Å². The van der Waals surface area contributed by atoms with Gasteiger partial charge in [-0.2, -0.15) is 0 Å². The summed E-state index contributed by atoms with van der Waals surface area (Å²) in [5.41, 5.74) is 2.47. The van der Waals surface area contributed by atoms with E-state index in [9.17, 15) is 9.59 Å². The van der Waals surface area contributed by atoms with Gasteiger partial charge in [0, 0.05) is 11.9 Å². The van der Waals surface area contributed by atoms with Gasteiger partial charge < -0.3 is 15.7 Å². The Balaban J connectivity index is 2.19. The van der Waals surface area contributed by atoms with Gasteiger partial charge in [-0.1, -0.05) is 6.92 Å². The molecule has 88 valence electrons. The monoisotopic (exact) mass is 243 g/mol. The number of urea groups is 1. The molecule has 16 heavy (non-hydrogen) atoms. The first-order chi connectivity index (χ1) is 7.59. The number of hydrogen-bond acceptors (Lipinski definition) is 4. The van der Waals surface area contributed by atoms with Crippen LogP contribution in [0.4, 0.5) is 4.79 Å². The van der Waals surface area contributed by atoms with Gasteiger partial charge in [0.25, 0.3) is 0 Å². The van der Waals surface area contributed by atoms with Crippen LogP contribution in [0.15, 0.2) is 10.9 Å². The number of carboxylic acids is 1. The van der Waals surface area contributed by atoms with Gasteiger partial charge in [0.05, 0.1) is 23.7 Å². The number of aliphatic carboxylic acids is 1. The third kappa shape index (κ3) is 4.26. The average Bonchev–Trinajstić information content (AvgIpc) is 2.75. The minimum atomic E-state index is -0.931. The molecule has 2 amide bonds. The van der Waals surface area contributed by atoms with Crippen molar-refractivity contribution < 1.29 is 14.7 Å². The van der Waals surface area contributed by atoms with Crippen molar-refractivity contribution in [3.05, 3.63) is 16.6 Å². The lowest BCUT2D eigenvalue weighted by Crippen LogP contribution is -2.38. The van der Waals surface area contributed by atoms with Gasteiger partial charge in [-0.05, 0) is 0 Å². The number of carbonyl (C=O) groups is 2. The first kappa shape index (κ1) is 12.4. The summed E-state index contributed by atoms with van der Waals surface area (Å²) >= 11 is 1.45. The van der Waals surface area contributed by atoms with Crippen molar-refractivity contribution in [2.75, 3.05) is 6.54 Å². The van der Waals surface area contributed by atoms with Gasteiger partial charge in [0.1, 0.15) is 0 Å². The van der Waals surface area contributed by atoms with E-state index < -0.39 is 11.9 Å². The SMILES string of the molecule is CC(CNC(=O)NCc1cscn1)C(=O)O. The molecule has 0 saturated heterocycles. The molecule has 3 N–H and O–H groups in total. The lowest BCUT2D eigenvalue weighted by Gasteiger charge is -2.08. The van der Waals surface area contributed by atoms with Crippen LogP contribution in [0.3, 0.4) is 0 Å². The van der Waals surface area contributed by atoms with Crippen LogP contribution in [0.5, 0.6) is 0 Å². The summed E-state index contributed by atoms with van der Waals surface area (Å²) in [4.78, 5) is 25.7. The molecule has 1 rings (SSSR count). The predicted octanol–water partition coefficient (Wildman–Crippen LogP) is 0.663. The van der Waals surface area contributed by atoms with Crippen LogP contribution in [-0.2, 0) is 11.3 Å². The summed E-state index contributed by atoms with van der Waals surface area (Å²) in [6.45, 7) is 1.98. The molecular formula is C9H13N3O3S. The third-order valence-corrected chi connectivity index (χ3v) is 2.54. The zero-order valence-corrected chi connectivity index (χ0v) is 9.58. The van der Waals surface area contributed by atoms with E-state index in [0.29, 0.717) is 6.54 Å². The summed E-state index contributed by atoms with van der Waals surface area (Å²) in [5.74, 6) is -1.52. The fourth-order valence-corrected chi connectivity index (χ4v) is 1.45. The van der Waals surface area contributed by atoms with Gasteiger partial charge >= 0.3 is 12.0 Å². The summed E-state index contributed by atoms with van der Waals surface area (Å²) in [5, 5.41) is 15.5. The van der Waals surface area contributed by atoms with Crippen LogP contribution in [0, 0.1) is 5.92 Å². The van der Waals surface area contributed by atoms with E-state index >= 15 is 0 Å². The number of rotatable bonds is 5. The maximum Gasteiger partial charge on any atom is 0.315 e. The lowest BCUT2D eigenvalue weighted by atomic mass is 10.2. The molecule has 0 fully saturated rings. The first-order valence-electron chi connectivity index (χ1n) is 4.71. The van der Waals surface area contributed by atoms with Crippen LogP contribution in [-0.4, -0.2) is 28.6 Å². The van der Waals surface area contributed by atoms with Gasteiger partial charge in [0.15, 0.2) is 0 Å². The second-order valence-electron chi connectivity index (χ2n) is 3.28. The Hall–Kier alpha value is -1.63. The molecule has 1 atom stereocenters. The number of carbonyl (C=O) groups excluding carboxylic acids is 1. The summed E-state index contributed by atoms with van der Waals surface area (Å²) < 4.78 is 0.